The number of carbonyl (C=O) groups excluding carboxylic acids is 1. The van der Waals surface area contributed by atoms with Crippen LogP contribution in [0.1, 0.15) is 0 Å². The van der Waals surface area contributed by atoms with Gasteiger partial charge in [0, 0.05) is 0 Å². The normalized spacial score (nSPS) is 9.30. The summed E-state index contributed by atoms with van der Waals surface area (Å²) < 4.78 is 0. The molecule has 1 aromatic heterocycles. The highest BCUT2D eigenvalue weighted by molar-refractivity contribution is 5.58. The van der Waals surface area contributed by atoms with Crippen molar-refractivity contribution in [1.29, 1.82) is 0 Å². The molecule has 0 bridgehead atoms. The highest BCUT2D eigenvalue weighted by Crippen LogP contribution is 1.84. The number of hydroxylamine groups is 1. The fraction of sp³-hybridized carbons (Fsp3) is 0.200. The van der Waals surface area contributed by atoms with Crippen LogP contribution in [0.2, 0.25) is 0 Å². The maximum absolute atomic E-state index is 10.0. The predicted molar refractivity (Wildman–Crippen MR) is 33.1 cm³/mol. The van der Waals surface area contributed by atoms with Crippen molar-refractivity contribution >= 4 is 6.41 Å². The first-order chi connectivity index (χ1) is 4.88. The van der Waals surface area contributed by atoms with E-state index in [0.717, 1.165) is 5.17 Å². The Morgan fingerprint density at radius 1 is 1.80 bits per heavy atom. The molecule has 5 nitrogen and oxygen atoms in total. The van der Waals surface area contributed by atoms with E-state index in [-0.39, 0.29) is 0 Å². The lowest BCUT2D eigenvalue weighted by molar-refractivity contribution is 0.136. The van der Waals surface area contributed by atoms with Crippen molar-refractivity contribution in [2.45, 2.75) is 0 Å². The molecule has 5 heteroatoms. The van der Waals surface area contributed by atoms with Crippen molar-refractivity contribution in [1.82, 2.24) is 9.89 Å². The number of hydrogen-bond acceptors (Lipinski definition) is 3. The molecule has 0 aliphatic carbocycles. The molecular formula is C5H6N3O2. The van der Waals surface area contributed by atoms with Gasteiger partial charge in [-0.15, -0.1) is 0 Å². The first-order valence-electron chi connectivity index (χ1n) is 2.60. The third-order valence-corrected chi connectivity index (χ3v) is 0.928. The van der Waals surface area contributed by atoms with Gasteiger partial charge < -0.3 is 0 Å². The van der Waals surface area contributed by atoms with E-state index in [1.54, 1.807) is 12.3 Å². The van der Waals surface area contributed by atoms with E-state index >= 15 is 0 Å². The third kappa shape index (κ3) is 1.14. The molecule has 53 valence electrons. The summed E-state index contributed by atoms with van der Waals surface area (Å²) in [6.45, 7) is 0. The Morgan fingerprint density at radius 2 is 2.60 bits per heavy atom. The van der Waals surface area contributed by atoms with Crippen LogP contribution in [0, 0.1) is 0 Å². The molecule has 1 amide bonds. The molecule has 0 saturated carbocycles. The highest BCUT2D eigenvalue weighted by Gasteiger charge is 2.00. The fourth-order valence-electron chi connectivity index (χ4n) is 0.531. The number of amides is 1. The Morgan fingerprint density at radius 3 is 3.00 bits per heavy atom. The summed E-state index contributed by atoms with van der Waals surface area (Å²) in [5, 5.41) is 4.55. The van der Waals surface area contributed by atoms with Crippen molar-refractivity contribution in [3.63, 3.8) is 0 Å². The molecule has 1 heterocycles. The fourth-order valence-corrected chi connectivity index (χ4v) is 0.531. The van der Waals surface area contributed by atoms with Gasteiger partial charge in [-0.2, -0.15) is 9.89 Å². The van der Waals surface area contributed by atoms with Crippen LogP contribution in [-0.2, 0) is 9.63 Å². The maximum Gasteiger partial charge on any atom is 0.361 e. The third-order valence-electron chi connectivity index (χ3n) is 0.928. The average molecular weight is 140 g/mol. The van der Waals surface area contributed by atoms with Gasteiger partial charge in [-0.05, 0) is 6.07 Å². The van der Waals surface area contributed by atoms with Gasteiger partial charge in [-0.1, -0.05) is 5.17 Å². The van der Waals surface area contributed by atoms with Gasteiger partial charge in [0.05, 0.1) is 19.5 Å². The molecule has 10 heavy (non-hydrogen) atoms. The Balaban J connectivity index is 2.73. The van der Waals surface area contributed by atoms with Crippen LogP contribution < -0.4 is 5.17 Å². The highest BCUT2D eigenvalue weighted by atomic mass is 16.7. The van der Waals surface area contributed by atoms with Crippen molar-refractivity contribution in [2.24, 2.45) is 0 Å². The first kappa shape index (κ1) is 6.76. The van der Waals surface area contributed by atoms with Gasteiger partial charge in [0.1, 0.15) is 0 Å². The minimum Gasteiger partial charge on any atom is -0.259 e. The van der Waals surface area contributed by atoms with E-state index in [0.29, 0.717) is 0 Å². The zero-order valence-corrected chi connectivity index (χ0v) is 5.39. The van der Waals surface area contributed by atoms with E-state index in [1.807, 2.05) is 0 Å². The lowest BCUT2D eigenvalue weighted by Gasteiger charge is -2.10. The van der Waals surface area contributed by atoms with Gasteiger partial charge in [0.15, 0.2) is 0 Å². The van der Waals surface area contributed by atoms with E-state index in [9.17, 15) is 4.79 Å². The largest absolute Gasteiger partial charge is 0.361 e. The van der Waals surface area contributed by atoms with Crippen LogP contribution in [0.4, 0.5) is 0 Å². The zero-order valence-electron chi connectivity index (χ0n) is 5.39. The van der Waals surface area contributed by atoms with Gasteiger partial charge in [-0.3, -0.25) is 9.63 Å². The standard InChI is InChI=1S/C5H6N3O2/c1-10-8(5-9)7-4-2-3-6-7/h2-4H,1H3. The first-order valence-corrected chi connectivity index (χ1v) is 2.60. The maximum atomic E-state index is 10.0. The van der Waals surface area contributed by atoms with Gasteiger partial charge in [0.25, 0.3) is 0 Å². The molecule has 1 rings (SSSR count). The molecule has 0 aromatic carbocycles. The Hall–Kier alpha value is -1.36. The Labute approximate surface area is 57.7 Å². The van der Waals surface area contributed by atoms with Crippen molar-refractivity contribution in [3.05, 3.63) is 18.5 Å². The van der Waals surface area contributed by atoms with E-state index in [2.05, 4.69) is 9.94 Å². The van der Waals surface area contributed by atoms with Gasteiger partial charge in [-0.25, -0.2) is 0 Å². The molecule has 0 spiro atoms. The van der Waals surface area contributed by atoms with Gasteiger partial charge >= 0.3 is 6.41 Å². The molecule has 1 radical (unpaired) electrons. The number of rotatable bonds is 3. The molecule has 0 fully saturated rings. The molecule has 0 unspecified atom stereocenters. The van der Waals surface area contributed by atoms with Crippen LogP contribution in [0.3, 0.4) is 0 Å². The van der Waals surface area contributed by atoms with E-state index in [1.165, 1.54) is 24.5 Å². The zero-order chi connectivity index (χ0) is 7.40. The summed E-state index contributed by atoms with van der Waals surface area (Å²) in [6.07, 6.45) is 4.61. The molecule has 0 atom stereocenters. The Kier molecular flexibility index (Phi) is 2.01. The van der Waals surface area contributed by atoms with E-state index < -0.39 is 0 Å². The summed E-state index contributed by atoms with van der Waals surface area (Å²) in [6, 6.07) is 1.67. The van der Waals surface area contributed by atoms with Crippen molar-refractivity contribution in [3.8, 4) is 0 Å². The number of hydrogen-bond donors (Lipinski definition) is 0. The van der Waals surface area contributed by atoms with Crippen LogP contribution in [0.25, 0.3) is 0 Å². The summed E-state index contributed by atoms with van der Waals surface area (Å²) in [5.41, 5.74) is 0. The minimum absolute atomic E-state index is 0.833. The minimum atomic E-state index is 0.833. The molecule has 1 aromatic rings. The van der Waals surface area contributed by atoms with E-state index in [4.69, 9.17) is 0 Å². The quantitative estimate of drug-likeness (QED) is 0.418. The molecule has 0 aliphatic heterocycles. The molecule has 0 aliphatic rings. The van der Waals surface area contributed by atoms with Gasteiger partial charge in [0.2, 0.25) is 0 Å². The molecular weight excluding hydrogens is 134 g/mol. The number of aromatic nitrogens is 2. The summed E-state index contributed by atoms with van der Waals surface area (Å²) >= 11 is 0. The second-order valence-electron chi connectivity index (χ2n) is 1.47. The molecule has 0 N–H and O–H groups in total. The average Bonchev–Trinajstić information content (AvgIpc) is 2.43. The lowest BCUT2D eigenvalue weighted by Crippen LogP contribution is -2.32. The second kappa shape index (κ2) is 2.98. The topological polar surface area (TPSA) is 47.4 Å². The second-order valence-corrected chi connectivity index (χ2v) is 1.47. The number of nitrogens with zero attached hydrogens (tertiary/aromatic N) is 3. The smallest absolute Gasteiger partial charge is 0.259 e. The summed E-state index contributed by atoms with van der Waals surface area (Å²) in [7, 11) is 1.35. The molecule has 0 saturated heterocycles. The lowest BCUT2D eigenvalue weighted by atomic mass is 10.8. The van der Waals surface area contributed by atoms with Crippen molar-refractivity contribution < 1.29 is 9.63 Å². The summed E-state index contributed by atoms with van der Waals surface area (Å²) in [4.78, 5) is 15.8. The Bertz CT molecular complexity index is 197. The predicted octanol–water partition coefficient (Wildman–Crippen LogP) is -0.550. The SMILES string of the molecule is CON([C]=O)n1cccn1. The monoisotopic (exact) mass is 140 g/mol. The van der Waals surface area contributed by atoms with Crippen LogP contribution >= 0.6 is 0 Å². The van der Waals surface area contributed by atoms with Crippen LogP contribution in [0.15, 0.2) is 18.5 Å². The van der Waals surface area contributed by atoms with Crippen molar-refractivity contribution in [2.75, 3.05) is 12.3 Å². The van der Waals surface area contributed by atoms with Crippen LogP contribution in [-0.4, -0.2) is 23.4 Å². The van der Waals surface area contributed by atoms with Crippen LogP contribution in [0.5, 0.6) is 0 Å². The summed E-state index contributed by atoms with van der Waals surface area (Å²) in [5.74, 6) is 0.